The van der Waals surface area contributed by atoms with Crippen LogP contribution < -0.4 is 5.32 Å². The van der Waals surface area contributed by atoms with E-state index < -0.39 is 0 Å². The van der Waals surface area contributed by atoms with Crippen LogP contribution in [0.2, 0.25) is 0 Å². The SMILES string of the molecule is N#CCSCCCNC1(c2nccs2)CCCC1. The molecule has 0 amide bonds. The molecular formula is C13H19N3S2. The van der Waals surface area contributed by atoms with Gasteiger partial charge in [0.1, 0.15) is 5.01 Å². The molecular weight excluding hydrogens is 262 g/mol. The summed E-state index contributed by atoms with van der Waals surface area (Å²) in [4.78, 5) is 4.51. The van der Waals surface area contributed by atoms with Crippen molar-refractivity contribution in [1.82, 2.24) is 10.3 Å². The van der Waals surface area contributed by atoms with Gasteiger partial charge in [-0.2, -0.15) is 5.26 Å². The highest BCUT2D eigenvalue weighted by Crippen LogP contribution is 2.39. The Labute approximate surface area is 117 Å². The summed E-state index contributed by atoms with van der Waals surface area (Å²) < 4.78 is 0. The molecule has 1 aliphatic carbocycles. The maximum atomic E-state index is 8.47. The van der Waals surface area contributed by atoms with Crippen LogP contribution in [-0.4, -0.2) is 23.0 Å². The first kappa shape index (κ1) is 13.9. The lowest BCUT2D eigenvalue weighted by atomic mass is 9.98. The van der Waals surface area contributed by atoms with E-state index in [0.29, 0.717) is 5.75 Å². The van der Waals surface area contributed by atoms with Crippen LogP contribution in [0.5, 0.6) is 0 Å². The third-order valence-corrected chi connectivity index (χ3v) is 5.28. The summed E-state index contributed by atoms with van der Waals surface area (Å²) in [5.74, 6) is 1.67. The summed E-state index contributed by atoms with van der Waals surface area (Å²) in [5.41, 5.74) is 0.147. The molecule has 0 unspecified atom stereocenters. The number of nitrogens with zero attached hydrogens (tertiary/aromatic N) is 2. The van der Waals surface area contributed by atoms with Gasteiger partial charge in [0.25, 0.3) is 0 Å². The monoisotopic (exact) mass is 281 g/mol. The number of thiazole rings is 1. The summed E-state index contributed by atoms with van der Waals surface area (Å²) in [7, 11) is 0. The summed E-state index contributed by atoms with van der Waals surface area (Å²) >= 11 is 3.49. The van der Waals surface area contributed by atoms with Crippen molar-refractivity contribution in [2.45, 2.75) is 37.6 Å². The van der Waals surface area contributed by atoms with E-state index >= 15 is 0 Å². The van der Waals surface area contributed by atoms with Gasteiger partial charge >= 0.3 is 0 Å². The van der Waals surface area contributed by atoms with Crippen molar-refractivity contribution >= 4 is 23.1 Å². The van der Waals surface area contributed by atoms with Crippen LogP contribution in [0.25, 0.3) is 0 Å². The van der Waals surface area contributed by atoms with E-state index in [4.69, 9.17) is 5.26 Å². The number of hydrogen-bond acceptors (Lipinski definition) is 5. The summed E-state index contributed by atoms with van der Waals surface area (Å²) in [5, 5.41) is 15.5. The molecule has 0 atom stereocenters. The van der Waals surface area contributed by atoms with Gasteiger partial charge in [0.15, 0.2) is 0 Å². The second-order valence-electron chi connectivity index (χ2n) is 4.62. The fourth-order valence-electron chi connectivity index (χ4n) is 2.52. The van der Waals surface area contributed by atoms with E-state index in [9.17, 15) is 0 Å². The number of nitrogens with one attached hydrogen (secondary N) is 1. The van der Waals surface area contributed by atoms with Crippen molar-refractivity contribution < 1.29 is 0 Å². The number of thioether (sulfide) groups is 1. The van der Waals surface area contributed by atoms with Gasteiger partial charge in [0.05, 0.1) is 17.4 Å². The first-order valence-electron chi connectivity index (χ1n) is 6.47. The Morgan fingerprint density at radius 2 is 2.33 bits per heavy atom. The molecule has 3 nitrogen and oxygen atoms in total. The minimum absolute atomic E-state index is 0.147. The maximum absolute atomic E-state index is 8.47. The fourth-order valence-corrected chi connectivity index (χ4v) is 3.98. The van der Waals surface area contributed by atoms with Crippen molar-refractivity contribution in [3.8, 4) is 6.07 Å². The standard InChI is InChI=1S/C13H19N3S2/c14-6-10-17-9-3-7-16-13(4-1-2-5-13)12-15-8-11-18-12/h8,11,16H,1-5,7,9-10H2. The van der Waals surface area contributed by atoms with Gasteiger partial charge in [0, 0.05) is 11.6 Å². The van der Waals surface area contributed by atoms with Crippen LogP contribution in [0.1, 0.15) is 37.1 Å². The lowest BCUT2D eigenvalue weighted by Crippen LogP contribution is -2.40. The first-order valence-corrected chi connectivity index (χ1v) is 8.50. The Bertz CT molecular complexity index is 377. The average Bonchev–Trinajstić information content (AvgIpc) is 3.04. The summed E-state index contributed by atoms with van der Waals surface area (Å²) in [6, 6.07) is 2.16. The van der Waals surface area contributed by atoms with Crippen LogP contribution in [0.15, 0.2) is 11.6 Å². The van der Waals surface area contributed by atoms with Crippen LogP contribution in [0, 0.1) is 11.3 Å². The van der Waals surface area contributed by atoms with Gasteiger partial charge in [0.2, 0.25) is 0 Å². The largest absolute Gasteiger partial charge is 0.305 e. The molecule has 1 fully saturated rings. The third kappa shape index (κ3) is 3.47. The number of aromatic nitrogens is 1. The molecule has 18 heavy (non-hydrogen) atoms. The van der Waals surface area contributed by atoms with Crippen LogP contribution in [0.3, 0.4) is 0 Å². The van der Waals surface area contributed by atoms with Crippen LogP contribution in [-0.2, 0) is 5.54 Å². The van der Waals surface area contributed by atoms with Crippen LogP contribution in [0.4, 0.5) is 0 Å². The summed E-state index contributed by atoms with van der Waals surface area (Å²) in [6.07, 6.45) is 8.06. The molecule has 0 radical (unpaired) electrons. The van der Waals surface area contributed by atoms with E-state index in [-0.39, 0.29) is 5.54 Å². The van der Waals surface area contributed by atoms with Gasteiger partial charge in [-0.1, -0.05) is 12.8 Å². The smallest absolute Gasteiger partial charge is 0.113 e. The van der Waals surface area contributed by atoms with Gasteiger partial charge < -0.3 is 5.32 Å². The highest BCUT2D eigenvalue weighted by molar-refractivity contribution is 7.99. The van der Waals surface area contributed by atoms with E-state index in [1.807, 2.05) is 6.20 Å². The van der Waals surface area contributed by atoms with Crippen molar-refractivity contribution in [2.75, 3.05) is 18.1 Å². The molecule has 0 bridgehead atoms. The number of nitriles is 1. The second-order valence-corrected chi connectivity index (χ2v) is 6.62. The molecule has 1 saturated carbocycles. The van der Waals surface area contributed by atoms with Gasteiger partial charge in [-0.3, -0.25) is 0 Å². The molecule has 1 aliphatic rings. The Balaban J connectivity index is 1.79. The van der Waals surface area contributed by atoms with Crippen molar-refractivity contribution in [3.63, 3.8) is 0 Å². The molecule has 0 aromatic carbocycles. The van der Waals surface area contributed by atoms with Crippen molar-refractivity contribution in [1.29, 1.82) is 5.26 Å². The molecule has 1 heterocycles. The summed E-state index contributed by atoms with van der Waals surface area (Å²) in [6.45, 7) is 1.03. The van der Waals surface area contributed by atoms with E-state index in [0.717, 1.165) is 18.7 Å². The zero-order valence-electron chi connectivity index (χ0n) is 10.5. The van der Waals surface area contributed by atoms with Crippen molar-refractivity contribution in [3.05, 3.63) is 16.6 Å². The minimum atomic E-state index is 0.147. The first-order chi connectivity index (χ1) is 8.87. The predicted octanol–water partition coefficient (Wildman–Crippen LogP) is 3.15. The van der Waals surface area contributed by atoms with Crippen LogP contribution >= 0.6 is 23.1 Å². The van der Waals surface area contributed by atoms with E-state index in [1.165, 1.54) is 30.7 Å². The molecule has 0 aliphatic heterocycles. The molecule has 2 rings (SSSR count). The number of hydrogen-bond donors (Lipinski definition) is 1. The normalized spacial score (nSPS) is 17.7. The molecule has 0 saturated heterocycles. The number of rotatable bonds is 7. The molecule has 98 valence electrons. The van der Waals surface area contributed by atoms with Crippen molar-refractivity contribution in [2.24, 2.45) is 0 Å². The average molecular weight is 281 g/mol. The third-order valence-electron chi connectivity index (χ3n) is 3.39. The molecule has 1 aromatic heterocycles. The molecule has 1 N–H and O–H groups in total. The Kier molecular flexibility index (Phi) is 5.48. The Morgan fingerprint density at radius 3 is 3.00 bits per heavy atom. The van der Waals surface area contributed by atoms with Gasteiger partial charge in [-0.15, -0.1) is 23.1 Å². The zero-order valence-corrected chi connectivity index (χ0v) is 12.2. The minimum Gasteiger partial charge on any atom is -0.305 e. The fraction of sp³-hybridized carbons (Fsp3) is 0.692. The predicted molar refractivity (Wildman–Crippen MR) is 77.8 cm³/mol. The highest BCUT2D eigenvalue weighted by atomic mass is 32.2. The molecule has 5 heteroatoms. The maximum Gasteiger partial charge on any atom is 0.113 e. The van der Waals surface area contributed by atoms with E-state index in [1.54, 1.807) is 23.1 Å². The Morgan fingerprint density at radius 1 is 1.50 bits per heavy atom. The topological polar surface area (TPSA) is 48.7 Å². The quantitative estimate of drug-likeness (QED) is 0.780. The highest BCUT2D eigenvalue weighted by Gasteiger charge is 2.36. The van der Waals surface area contributed by atoms with E-state index in [2.05, 4.69) is 21.8 Å². The lowest BCUT2D eigenvalue weighted by molar-refractivity contribution is 0.341. The molecule has 1 aromatic rings. The Hall–Kier alpha value is -0.570. The van der Waals surface area contributed by atoms with Gasteiger partial charge in [-0.05, 0) is 31.6 Å². The zero-order chi connectivity index (χ0) is 12.7. The lowest BCUT2D eigenvalue weighted by Gasteiger charge is -2.28. The second kappa shape index (κ2) is 7.13. The van der Waals surface area contributed by atoms with Gasteiger partial charge in [-0.25, -0.2) is 4.98 Å². The molecule has 0 spiro atoms.